The van der Waals surface area contributed by atoms with Crippen LogP contribution in [0.25, 0.3) is 22.3 Å². The van der Waals surface area contributed by atoms with E-state index in [0.29, 0.717) is 48.5 Å². The highest BCUT2D eigenvalue weighted by atomic mass is 35.5. The molecule has 0 bridgehead atoms. The molecule has 0 aromatic heterocycles. The van der Waals surface area contributed by atoms with Gasteiger partial charge in [-0.3, -0.25) is 29.8 Å². The predicted molar refractivity (Wildman–Crippen MR) is 179 cm³/mol. The third-order valence-corrected chi connectivity index (χ3v) is 7.92. The molecule has 288 valence electrons. The number of carbonyl (C=O) groups excluding carboxylic acids is 4. The van der Waals surface area contributed by atoms with Gasteiger partial charge in [0, 0.05) is 44.4 Å². The summed E-state index contributed by atoms with van der Waals surface area (Å²) in [6.45, 7) is -2.34. The molecule has 0 unspecified atom stereocenters. The predicted octanol–water partition coefficient (Wildman–Crippen LogP) is 9.82. The number of hydrogen-bond donors (Lipinski definition) is 0. The van der Waals surface area contributed by atoms with Crippen LogP contribution in [0, 0.1) is 20.2 Å². The van der Waals surface area contributed by atoms with E-state index in [1.54, 1.807) is 0 Å². The molecule has 0 aliphatic heterocycles. The quantitative estimate of drug-likeness (QED) is 0.0435. The Hall–Kier alpha value is -5.50. The van der Waals surface area contributed by atoms with Crippen molar-refractivity contribution >= 4 is 80.2 Å². The average molecular weight is 858 g/mol. The van der Waals surface area contributed by atoms with Crippen molar-refractivity contribution in [2.45, 2.75) is 12.4 Å². The zero-order chi connectivity index (χ0) is 41.2. The first kappa shape index (κ1) is 42.2. The van der Waals surface area contributed by atoms with Crippen LogP contribution in [0.4, 0.5) is 37.7 Å². The molecule has 23 heteroatoms. The molecule has 4 rings (SSSR count). The number of benzene rings is 4. The highest BCUT2D eigenvalue weighted by molar-refractivity contribution is 6.64. The number of ether oxygens (including phenoxy) is 3. The van der Waals surface area contributed by atoms with Crippen molar-refractivity contribution in [2.24, 2.45) is 0 Å². The number of nitro benzene ring substituents is 2. The van der Waals surface area contributed by atoms with Gasteiger partial charge in [0.15, 0.2) is 13.2 Å². The fraction of sp³-hybridized carbons (Fsp3) is 0.125. The van der Waals surface area contributed by atoms with Gasteiger partial charge in [-0.05, 0) is 59.6 Å². The Balaban J connectivity index is 2.15. The van der Waals surface area contributed by atoms with Crippen molar-refractivity contribution in [3.8, 4) is 33.8 Å². The van der Waals surface area contributed by atoms with E-state index >= 15 is 0 Å². The van der Waals surface area contributed by atoms with Crippen molar-refractivity contribution in [3.63, 3.8) is 0 Å². The van der Waals surface area contributed by atoms with Crippen LogP contribution in [0.2, 0.25) is 10.0 Å². The van der Waals surface area contributed by atoms with Crippen LogP contribution in [0.15, 0.2) is 60.7 Å². The van der Waals surface area contributed by atoms with Gasteiger partial charge < -0.3 is 14.2 Å². The van der Waals surface area contributed by atoms with Crippen LogP contribution in [-0.4, -0.2) is 45.5 Å². The zero-order valence-electron chi connectivity index (χ0n) is 26.4. The summed E-state index contributed by atoms with van der Waals surface area (Å²) >= 11 is 22.9. The first-order valence-electron chi connectivity index (χ1n) is 14.3. The lowest BCUT2D eigenvalue weighted by molar-refractivity contribution is -0.385. The number of hydrogen-bond acceptors (Lipinski definition) is 11. The van der Waals surface area contributed by atoms with Gasteiger partial charge in [0.25, 0.3) is 21.9 Å². The number of alkyl halides is 6. The van der Waals surface area contributed by atoms with E-state index in [-0.39, 0.29) is 0 Å². The van der Waals surface area contributed by atoms with Gasteiger partial charge in [-0.1, -0.05) is 35.3 Å². The van der Waals surface area contributed by atoms with Crippen LogP contribution in [0.3, 0.4) is 0 Å². The first-order chi connectivity index (χ1) is 25.5. The van der Waals surface area contributed by atoms with Gasteiger partial charge in [-0.2, -0.15) is 26.3 Å². The number of halogens is 10. The number of nitro groups is 2. The summed E-state index contributed by atoms with van der Waals surface area (Å²) < 4.78 is 96.9. The molecule has 0 radical (unpaired) electrons. The normalized spacial score (nSPS) is 11.5. The number of carbonyl (C=O) groups is 4. The second-order valence-electron chi connectivity index (χ2n) is 10.5. The summed E-state index contributed by atoms with van der Waals surface area (Å²) in [6.07, 6.45) is -9.94. The van der Waals surface area contributed by atoms with Gasteiger partial charge in [0.05, 0.1) is 21.0 Å². The lowest BCUT2D eigenvalue weighted by Gasteiger charge is -2.20. The first-order valence-corrected chi connectivity index (χ1v) is 15.8. The number of esters is 2. The van der Waals surface area contributed by atoms with E-state index in [9.17, 15) is 65.7 Å². The van der Waals surface area contributed by atoms with E-state index in [0.717, 1.165) is 12.1 Å². The van der Waals surface area contributed by atoms with Crippen molar-refractivity contribution < 1.29 is 69.6 Å². The van der Waals surface area contributed by atoms with Crippen LogP contribution < -0.4 is 4.74 Å². The Labute approximate surface area is 321 Å². The third kappa shape index (κ3) is 9.60. The zero-order valence-corrected chi connectivity index (χ0v) is 29.4. The Morgan fingerprint density at radius 1 is 0.600 bits per heavy atom. The molecule has 0 aliphatic carbocycles. The van der Waals surface area contributed by atoms with Crippen LogP contribution in [0.5, 0.6) is 11.5 Å². The summed E-state index contributed by atoms with van der Waals surface area (Å²) in [7, 11) is 0. The summed E-state index contributed by atoms with van der Waals surface area (Å²) in [4.78, 5) is 71.5. The van der Waals surface area contributed by atoms with Crippen molar-refractivity contribution in [1.82, 2.24) is 0 Å². The molecule has 55 heavy (non-hydrogen) atoms. The molecule has 4 aromatic carbocycles. The summed E-state index contributed by atoms with van der Waals surface area (Å²) in [6, 6.07) is 5.85. The summed E-state index contributed by atoms with van der Waals surface area (Å²) in [5.74, 6) is -4.82. The fourth-order valence-corrected chi connectivity index (χ4v) is 5.52. The minimum Gasteiger partial charge on any atom is -0.456 e. The fourth-order valence-electron chi connectivity index (χ4n) is 4.86. The smallest absolute Gasteiger partial charge is 0.416 e. The molecule has 0 fully saturated rings. The minimum atomic E-state index is -4.97. The summed E-state index contributed by atoms with van der Waals surface area (Å²) in [5, 5.41) is 20.1. The average Bonchev–Trinajstić information content (AvgIpc) is 3.08. The lowest BCUT2D eigenvalue weighted by Crippen LogP contribution is -2.15. The van der Waals surface area contributed by atoms with E-state index in [1.165, 1.54) is 0 Å². The maximum absolute atomic E-state index is 13.6. The Bertz CT molecular complexity index is 2130. The number of nitrogens with zero attached hydrogens (tertiary/aromatic N) is 2. The van der Waals surface area contributed by atoms with Gasteiger partial charge in [-0.15, -0.1) is 0 Å². The van der Waals surface area contributed by atoms with Gasteiger partial charge >= 0.3 is 24.3 Å². The molecule has 0 saturated heterocycles. The third-order valence-electron chi connectivity index (χ3n) is 7.08. The molecular weight excluding hydrogens is 844 g/mol. The SMILES string of the molecule is O=C(Cl)COC(=O)c1c([N+](=O)[O-])ccc(Oc2ccc([N+](=O)[O-])c(C(=O)OCC(=O)Cl)c2-c2ccc(C(F)(F)F)cc2Cl)c1-c1ccc(C(F)(F)F)cc1Cl. The monoisotopic (exact) mass is 856 g/mol. The van der Waals surface area contributed by atoms with Crippen molar-refractivity contribution in [1.29, 1.82) is 0 Å². The van der Waals surface area contributed by atoms with Crippen LogP contribution in [0.1, 0.15) is 31.8 Å². The van der Waals surface area contributed by atoms with E-state index in [4.69, 9.17) is 60.6 Å². The minimum absolute atomic E-state index is 0.377. The van der Waals surface area contributed by atoms with E-state index in [2.05, 4.69) is 0 Å². The van der Waals surface area contributed by atoms with Crippen LogP contribution >= 0.6 is 46.4 Å². The Morgan fingerprint density at radius 3 is 1.22 bits per heavy atom. The molecule has 4 aromatic rings. The topological polar surface area (TPSA) is 182 Å². The highest BCUT2D eigenvalue weighted by Crippen LogP contribution is 2.49. The number of rotatable bonds is 12. The molecule has 13 nitrogen and oxygen atoms in total. The molecule has 0 amide bonds. The lowest BCUT2D eigenvalue weighted by atomic mass is 9.94. The standard InChI is InChI=1S/C32H14Cl4F6N2O11/c33-17-9-13(31(37,38)39)1-3-15(17)25-21(7-5-19(43(49)50)27(25)29(47)53-11-23(35)45)55-22-8-6-20(44(51)52)28(30(48)54-12-24(36)46)26(22)16-4-2-14(10-18(16)34)32(40,41)42/h1-10H,11-12H2. The summed E-state index contributed by atoms with van der Waals surface area (Å²) in [5.41, 5.74) is -9.72. The van der Waals surface area contributed by atoms with Crippen molar-refractivity contribution in [3.05, 3.63) is 113 Å². The molecule has 0 saturated carbocycles. The molecule has 0 N–H and O–H groups in total. The van der Waals surface area contributed by atoms with E-state index in [1.807, 2.05) is 0 Å². The molecular formula is C32H14Cl4F6N2O11. The van der Waals surface area contributed by atoms with Crippen LogP contribution in [-0.2, 0) is 31.4 Å². The highest BCUT2D eigenvalue weighted by Gasteiger charge is 2.37. The van der Waals surface area contributed by atoms with Gasteiger partial charge in [0.2, 0.25) is 0 Å². The molecule has 0 aliphatic rings. The molecule has 0 spiro atoms. The van der Waals surface area contributed by atoms with Crippen molar-refractivity contribution in [2.75, 3.05) is 13.2 Å². The maximum atomic E-state index is 13.6. The van der Waals surface area contributed by atoms with E-state index < -0.39 is 135 Å². The second-order valence-corrected chi connectivity index (χ2v) is 12.2. The Morgan fingerprint density at radius 2 is 0.945 bits per heavy atom. The molecule has 0 atom stereocenters. The largest absolute Gasteiger partial charge is 0.456 e. The van der Waals surface area contributed by atoms with Gasteiger partial charge in [0.1, 0.15) is 22.6 Å². The molecule has 0 heterocycles. The van der Waals surface area contributed by atoms with Gasteiger partial charge in [-0.25, -0.2) is 9.59 Å². The maximum Gasteiger partial charge on any atom is 0.416 e. The second kappa shape index (κ2) is 16.5. The Kier molecular flexibility index (Phi) is 12.7.